The third kappa shape index (κ3) is 2.75. The molecule has 0 saturated heterocycles. The molecule has 102 valence electrons. The summed E-state index contributed by atoms with van der Waals surface area (Å²) in [5, 5.41) is 10.9. The molecule has 0 aliphatic carbocycles. The van der Waals surface area contributed by atoms with Crippen molar-refractivity contribution in [1.82, 2.24) is 29.9 Å². The van der Waals surface area contributed by atoms with Gasteiger partial charge in [-0.1, -0.05) is 5.16 Å². The summed E-state index contributed by atoms with van der Waals surface area (Å²) in [6, 6.07) is 3.59. The number of rotatable bonds is 4. The van der Waals surface area contributed by atoms with Crippen molar-refractivity contribution in [2.75, 3.05) is 5.32 Å². The predicted molar refractivity (Wildman–Crippen MR) is 70.5 cm³/mol. The van der Waals surface area contributed by atoms with Crippen LogP contribution in [0, 0.1) is 6.92 Å². The van der Waals surface area contributed by atoms with Crippen molar-refractivity contribution in [2.24, 2.45) is 0 Å². The molecule has 0 fully saturated rings. The van der Waals surface area contributed by atoms with E-state index in [1.165, 1.54) is 4.68 Å². The Kier molecular flexibility index (Phi) is 3.30. The zero-order valence-electron chi connectivity index (χ0n) is 10.5. The number of halogens is 1. The van der Waals surface area contributed by atoms with Crippen LogP contribution in [0.1, 0.15) is 11.5 Å². The van der Waals surface area contributed by atoms with Crippen LogP contribution in [0.3, 0.4) is 0 Å². The predicted octanol–water partition coefficient (Wildman–Crippen LogP) is 1.62. The van der Waals surface area contributed by atoms with E-state index in [1.807, 2.05) is 13.0 Å². The summed E-state index contributed by atoms with van der Waals surface area (Å²) in [6.45, 7) is 2.25. The third-order valence-corrected chi connectivity index (χ3v) is 2.57. The number of hydrogen-bond acceptors (Lipinski definition) is 7. The minimum Gasteiger partial charge on any atom is -0.359 e. The second kappa shape index (κ2) is 5.25. The molecule has 0 bridgehead atoms. The largest absolute Gasteiger partial charge is 0.359 e. The van der Waals surface area contributed by atoms with Crippen LogP contribution in [0.5, 0.6) is 0 Å². The van der Waals surface area contributed by atoms with Crippen LogP contribution >= 0.6 is 11.6 Å². The highest BCUT2D eigenvalue weighted by atomic mass is 35.5. The first-order chi connectivity index (χ1) is 9.70. The number of aromatic nitrogens is 6. The standard InChI is InChI=1S/C11H10ClN7O/c1-7-5-8(20-18-7)6-13-10-15-9(12)16-11(17-10)19-4-2-3-14-19/h2-5H,6H2,1H3,(H,13,15,16,17). The Morgan fingerprint density at radius 1 is 1.35 bits per heavy atom. The van der Waals surface area contributed by atoms with Crippen LogP contribution in [0.25, 0.3) is 5.95 Å². The molecule has 0 amide bonds. The van der Waals surface area contributed by atoms with Crippen molar-refractivity contribution in [2.45, 2.75) is 13.5 Å². The molecule has 9 heteroatoms. The second-order valence-electron chi connectivity index (χ2n) is 3.97. The molecule has 20 heavy (non-hydrogen) atoms. The van der Waals surface area contributed by atoms with Gasteiger partial charge < -0.3 is 9.84 Å². The van der Waals surface area contributed by atoms with Gasteiger partial charge in [0.15, 0.2) is 5.76 Å². The van der Waals surface area contributed by atoms with Crippen LogP contribution in [-0.2, 0) is 6.54 Å². The van der Waals surface area contributed by atoms with E-state index in [-0.39, 0.29) is 5.28 Å². The molecule has 0 radical (unpaired) electrons. The molecule has 8 nitrogen and oxygen atoms in total. The van der Waals surface area contributed by atoms with Gasteiger partial charge in [-0.25, -0.2) is 4.68 Å². The van der Waals surface area contributed by atoms with Gasteiger partial charge in [-0.3, -0.25) is 0 Å². The third-order valence-electron chi connectivity index (χ3n) is 2.40. The van der Waals surface area contributed by atoms with Gasteiger partial charge in [-0.05, 0) is 24.6 Å². The van der Waals surface area contributed by atoms with E-state index < -0.39 is 0 Å². The van der Waals surface area contributed by atoms with Gasteiger partial charge in [0.05, 0.1) is 12.2 Å². The molecule has 0 unspecified atom stereocenters. The van der Waals surface area contributed by atoms with Crippen molar-refractivity contribution in [3.8, 4) is 5.95 Å². The number of aryl methyl sites for hydroxylation is 1. The van der Waals surface area contributed by atoms with E-state index in [0.717, 1.165) is 5.69 Å². The molecular weight excluding hydrogens is 282 g/mol. The Hall–Kier alpha value is -2.48. The summed E-state index contributed by atoms with van der Waals surface area (Å²) >= 11 is 5.87. The van der Waals surface area contributed by atoms with Crippen molar-refractivity contribution in [3.63, 3.8) is 0 Å². The maximum Gasteiger partial charge on any atom is 0.256 e. The first kappa shape index (κ1) is 12.5. The number of nitrogens with zero attached hydrogens (tertiary/aromatic N) is 6. The molecule has 1 N–H and O–H groups in total. The zero-order chi connectivity index (χ0) is 13.9. The zero-order valence-corrected chi connectivity index (χ0v) is 11.2. The van der Waals surface area contributed by atoms with Gasteiger partial charge in [0, 0.05) is 18.5 Å². The molecule has 3 aromatic heterocycles. The summed E-state index contributed by atoms with van der Waals surface area (Å²) in [5.74, 6) is 1.36. The van der Waals surface area contributed by atoms with E-state index in [2.05, 4.69) is 30.5 Å². The van der Waals surface area contributed by atoms with Gasteiger partial charge in [-0.2, -0.15) is 20.1 Å². The van der Waals surface area contributed by atoms with Crippen LogP contribution in [0.15, 0.2) is 29.0 Å². The van der Waals surface area contributed by atoms with Crippen molar-refractivity contribution < 1.29 is 4.52 Å². The minimum absolute atomic E-state index is 0.0850. The SMILES string of the molecule is Cc1cc(CNc2nc(Cl)nc(-n3cccn3)n2)on1. The molecule has 0 spiro atoms. The van der Waals surface area contributed by atoms with Crippen LogP contribution < -0.4 is 5.32 Å². The van der Waals surface area contributed by atoms with E-state index in [0.29, 0.717) is 24.2 Å². The van der Waals surface area contributed by atoms with Gasteiger partial charge >= 0.3 is 0 Å². The number of nitrogens with one attached hydrogen (secondary N) is 1. The Morgan fingerprint density at radius 2 is 2.25 bits per heavy atom. The lowest BCUT2D eigenvalue weighted by atomic mass is 10.4. The molecule has 0 aliphatic rings. The van der Waals surface area contributed by atoms with Crippen molar-refractivity contribution >= 4 is 17.5 Å². The van der Waals surface area contributed by atoms with E-state index in [1.54, 1.807) is 18.5 Å². The number of hydrogen-bond donors (Lipinski definition) is 1. The molecular formula is C11H10ClN7O. The van der Waals surface area contributed by atoms with E-state index in [4.69, 9.17) is 16.1 Å². The van der Waals surface area contributed by atoms with Crippen LogP contribution in [-0.4, -0.2) is 29.9 Å². The molecule has 3 rings (SSSR count). The normalized spacial score (nSPS) is 10.7. The molecule has 0 saturated carbocycles. The fourth-order valence-electron chi connectivity index (χ4n) is 1.57. The summed E-state index contributed by atoms with van der Waals surface area (Å²) in [7, 11) is 0. The molecule has 3 heterocycles. The monoisotopic (exact) mass is 291 g/mol. The quantitative estimate of drug-likeness (QED) is 0.780. The minimum atomic E-state index is 0.0850. The Morgan fingerprint density at radius 3 is 2.95 bits per heavy atom. The number of anilines is 1. The van der Waals surface area contributed by atoms with Crippen molar-refractivity contribution in [1.29, 1.82) is 0 Å². The van der Waals surface area contributed by atoms with Crippen LogP contribution in [0.4, 0.5) is 5.95 Å². The lowest BCUT2D eigenvalue weighted by Gasteiger charge is -2.05. The topological polar surface area (TPSA) is 94.6 Å². The summed E-state index contributed by atoms with van der Waals surface area (Å²) in [4.78, 5) is 12.2. The molecule has 0 aliphatic heterocycles. The fraction of sp³-hybridized carbons (Fsp3) is 0.182. The summed E-state index contributed by atoms with van der Waals surface area (Å²) in [6.07, 6.45) is 3.34. The molecule has 0 atom stereocenters. The van der Waals surface area contributed by atoms with Gasteiger partial charge in [0.1, 0.15) is 0 Å². The Bertz CT molecular complexity index is 709. The van der Waals surface area contributed by atoms with Crippen molar-refractivity contribution in [3.05, 3.63) is 41.3 Å². The first-order valence-electron chi connectivity index (χ1n) is 5.78. The molecule has 0 aromatic carbocycles. The smallest absolute Gasteiger partial charge is 0.256 e. The maximum atomic E-state index is 5.87. The lowest BCUT2D eigenvalue weighted by Crippen LogP contribution is -2.09. The van der Waals surface area contributed by atoms with Crippen LogP contribution in [0.2, 0.25) is 5.28 Å². The Balaban J connectivity index is 1.79. The fourth-order valence-corrected chi connectivity index (χ4v) is 1.73. The van der Waals surface area contributed by atoms with E-state index >= 15 is 0 Å². The second-order valence-corrected chi connectivity index (χ2v) is 4.30. The van der Waals surface area contributed by atoms with Gasteiger partial charge in [0.25, 0.3) is 5.95 Å². The van der Waals surface area contributed by atoms with Gasteiger partial charge in [0.2, 0.25) is 11.2 Å². The highest BCUT2D eigenvalue weighted by molar-refractivity contribution is 6.28. The average Bonchev–Trinajstić information content (AvgIpc) is 3.07. The lowest BCUT2D eigenvalue weighted by molar-refractivity contribution is 0.384. The first-order valence-corrected chi connectivity index (χ1v) is 6.16. The highest BCUT2D eigenvalue weighted by Crippen LogP contribution is 2.10. The Labute approximate surface area is 118 Å². The maximum absolute atomic E-state index is 5.87. The average molecular weight is 292 g/mol. The summed E-state index contributed by atoms with van der Waals surface area (Å²) in [5.41, 5.74) is 0.813. The summed E-state index contributed by atoms with van der Waals surface area (Å²) < 4.78 is 6.58. The van der Waals surface area contributed by atoms with E-state index in [9.17, 15) is 0 Å². The van der Waals surface area contributed by atoms with Gasteiger partial charge in [-0.15, -0.1) is 0 Å². The molecule has 3 aromatic rings. The highest BCUT2D eigenvalue weighted by Gasteiger charge is 2.08.